The average Bonchev–Trinajstić information content (AvgIpc) is 3.32. The number of carbonyl (C=O) groups is 1. The standard InChI is InChI=1S/C57H106O9/c1-3-5-7-9-11-13-15-17-19-21-23-25-27-29-31-33-35-37-39-41-43-45-47-63-49-51(50-64-57-56(62)55(61)54(60)52(48-58)66-57)65-53(59)46-44-42-40-38-36-34-32-30-28-26-24-22-20-18-16-14-12-10-8-6-4-2/h15,17,21-24,51-52,54-58,60-62H,3-14,16,18-20,25-50H2,1-2H3/b17-15-,23-21-,24-22-. The summed E-state index contributed by atoms with van der Waals surface area (Å²) in [4.78, 5) is 12.9. The average molecular weight is 935 g/mol. The van der Waals surface area contributed by atoms with E-state index in [-0.39, 0.29) is 19.2 Å². The predicted octanol–water partition coefficient (Wildman–Crippen LogP) is 14.3. The molecule has 6 unspecified atom stereocenters. The summed E-state index contributed by atoms with van der Waals surface area (Å²) in [5, 5.41) is 40.3. The van der Waals surface area contributed by atoms with Gasteiger partial charge < -0.3 is 39.4 Å². The molecule has 1 aliphatic heterocycles. The van der Waals surface area contributed by atoms with Gasteiger partial charge in [-0.25, -0.2) is 0 Å². The Morgan fingerprint density at radius 1 is 0.485 bits per heavy atom. The van der Waals surface area contributed by atoms with E-state index in [1.54, 1.807) is 0 Å². The maximum Gasteiger partial charge on any atom is 0.306 e. The van der Waals surface area contributed by atoms with Gasteiger partial charge in [0, 0.05) is 13.0 Å². The van der Waals surface area contributed by atoms with Crippen molar-refractivity contribution in [1.82, 2.24) is 0 Å². The molecule has 4 N–H and O–H groups in total. The molecule has 0 aromatic heterocycles. The maximum absolute atomic E-state index is 12.9. The molecule has 388 valence electrons. The maximum atomic E-state index is 12.9. The molecule has 0 bridgehead atoms. The van der Waals surface area contributed by atoms with E-state index in [1.165, 1.54) is 199 Å². The molecule has 0 saturated carbocycles. The third-order valence-electron chi connectivity index (χ3n) is 13.0. The number of esters is 1. The predicted molar refractivity (Wildman–Crippen MR) is 275 cm³/mol. The second-order valence-electron chi connectivity index (χ2n) is 19.4. The van der Waals surface area contributed by atoms with Crippen molar-refractivity contribution in [2.24, 2.45) is 0 Å². The summed E-state index contributed by atoms with van der Waals surface area (Å²) in [5.41, 5.74) is 0. The molecule has 6 atom stereocenters. The Hall–Kier alpha value is -1.59. The van der Waals surface area contributed by atoms with Crippen molar-refractivity contribution in [3.63, 3.8) is 0 Å². The molecule has 0 spiro atoms. The molecule has 0 amide bonds. The van der Waals surface area contributed by atoms with Crippen LogP contribution in [0.15, 0.2) is 36.5 Å². The van der Waals surface area contributed by atoms with E-state index in [4.69, 9.17) is 18.9 Å². The Balaban J connectivity index is 2.17. The number of carbonyl (C=O) groups excluding carboxylic acids is 1. The van der Waals surface area contributed by atoms with Crippen molar-refractivity contribution in [3.8, 4) is 0 Å². The highest BCUT2D eigenvalue weighted by Crippen LogP contribution is 2.23. The fraction of sp³-hybridized carbons (Fsp3) is 0.877. The fourth-order valence-corrected chi connectivity index (χ4v) is 8.64. The van der Waals surface area contributed by atoms with Gasteiger partial charge in [-0.3, -0.25) is 4.79 Å². The third-order valence-corrected chi connectivity index (χ3v) is 13.0. The van der Waals surface area contributed by atoms with Gasteiger partial charge in [0.15, 0.2) is 6.29 Å². The van der Waals surface area contributed by atoms with Crippen LogP contribution in [0.5, 0.6) is 0 Å². The number of ether oxygens (including phenoxy) is 4. The first-order valence-corrected chi connectivity index (χ1v) is 28.1. The van der Waals surface area contributed by atoms with Gasteiger partial charge in [0.25, 0.3) is 0 Å². The Morgan fingerprint density at radius 3 is 1.32 bits per heavy atom. The van der Waals surface area contributed by atoms with Crippen LogP contribution in [0, 0.1) is 0 Å². The molecule has 0 aromatic rings. The highest BCUT2D eigenvalue weighted by Gasteiger charge is 2.44. The molecule has 1 rings (SSSR count). The van der Waals surface area contributed by atoms with Crippen LogP contribution >= 0.6 is 0 Å². The van der Waals surface area contributed by atoms with E-state index in [0.717, 1.165) is 38.5 Å². The fourth-order valence-electron chi connectivity index (χ4n) is 8.64. The topological polar surface area (TPSA) is 135 Å². The van der Waals surface area contributed by atoms with Crippen molar-refractivity contribution < 1.29 is 44.2 Å². The Labute approximate surface area is 406 Å². The van der Waals surface area contributed by atoms with Gasteiger partial charge in [-0.2, -0.15) is 0 Å². The number of unbranched alkanes of at least 4 members (excludes halogenated alkanes) is 32. The number of hydrogen-bond acceptors (Lipinski definition) is 9. The normalized spacial score (nSPS) is 19.5. The second kappa shape index (κ2) is 48.4. The van der Waals surface area contributed by atoms with Crippen molar-refractivity contribution in [2.45, 2.75) is 295 Å². The van der Waals surface area contributed by atoms with Crippen LogP contribution in [0.2, 0.25) is 0 Å². The van der Waals surface area contributed by atoms with Crippen LogP contribution in [0.4, 0.5) is 0 Å². The van der Waals surface area contributed by atoms with Crippen molar-refractivity contribution in [3.05, 3.63) is 36.5 Å². The van der Waals surface area contributed by atoms with E-state index >= 15 is 0 Å². The first kappa shape index (κ1) is 62.4. The third kappa shape index (κ3) is 38.3. The van der Waals surface area contributed by atoms with Crippen molar-refractivity contribution in [2.75, 3.05) is 26.4 Å². The highest BCUT2D eigenvalue weighted by atomic mass is 16.7. The van der Waals surface area contributed by atoms with Gasteiger partial charge >= 0.3 is 5.97 Å². The van der Waals surface area contributed by atoms with Crippen LogP contribution in [-0.4, -0.2) is 89.6 Å². The lowest BCUT2D eigenvalue weighted by molar-refractivity contribution is -0.305. The lowest BCUT2D eigenvalue weighted by Gasteiger charge is -2.39. The molecule has 0 radical (unpaired) electrons. The quantitative estimate of drug-likeness (QED) is 0.0267. The van der Waals surface area contributed by atoms with Gasteiger partial charge in [0.1, 0.15) is 30.5 Å². The van der Waals surface area contributed by atoms with Gasteiger partial charge in [-0.1, -0.05) is 217 Å². The molecule has 1 aliphatic rings. The monoisotopic (exact) mass is 935 g/mol. The van der Waals surface area contributed by atoms with Crippen LogP contribution in [0.1, 0.15) is 258 Å². The molecule has 1 fully saturated rings. The van der Waals surface area contributed by atoms with Crippen LogP contribution < -0.4 is 0 Å². The minimum Gasteiger partial charge on any atom is -0.457 e. The summed E-state index contributed by atoms with van der Waals surface area (Å²) >= 11 is 0. The molecule has 9 heteroatoms. The van der Waals surface area contributed by atoms with E-state index in [2.05, 4.69) is 50.3 Å². The van der Waals surface area contributed by atoms with Crippen molar-refractivity contribution >= 4 is 5.97 Å². The number of allylic oxidation sites excluding steroid dienone is 6. The van der Waals surface area contributed by atoms with Gasteiger partial charge in [-0.15, -0.1) is 0 Å². The molecule has 9 nitrogen and oxygen atoms in total. The molecule has 1 saturated heterocycles. The zero-order valence-electron chi connectivity index (χ0n) is 43.0. The molecule has 0 aromatic carbocycles. The Bertz CT molecular complexity index is 1110. The lowest BCUT2D eigenvalue weighted by atomic mass is 9.99. The first-order valence-electron chi connectivity index (χ1n) is 28.1. The van der Waals surface area contributed by atoms with Gasteiger partial charge in [0.2, 0.25) is 0 Å². The Kier molecular flexibility index (Phi) is 45.8. The molecule has 1 heterocycles. The van der Waals surface area contributed by atoms with Crippen LogP contribution in [-0.2, 0) is 23.7 Å². The minimum atomic E-state index is -1.54. The Morgan fingerprint density at radius 2 is 0.879 bits per heavy atom. The minimum absolute atomic E-state index is 0.113. The first-order chi connectivity index (χ1) is 32.4. The summed E-state index contributed by atoms with van der Waals surface area (Å²) < 4.78 is 23.0. The number of aliphatic hydroxyl groups is 4. The second-order valence-corrected chi connectivity index (χ2v) is 19.4. The van der Waals surface area contributed by atoms with E-state index < -0.39 is 43.4 Å². The SMILES string of the molecule is CCCCCCC/C=C\C/C=C\CCCCCCCCCCCCOCC(COC1OC(CO)C(O)C(O)C1O)OC(=O)CCCCCCCCCCC/C=C\CCCCCCCCCC. The summed E-state index contributed by atoms with van der Waals surface area (Å²) in [5.74, 6) is -0.313. The van der Waals surface area contributed by atoms with E-state index in [9.17, 15) is 25.2 Å². The molecule has 66 heavy (non-hydrogen) atoms. The highest BCUT2D eigenvalue weighted by molar-refractivity contribution is 5.69. The van der Waals surface area contributed by atoms with E-state index in [0.29, 0.717) is 13.0 Å². The molecular formula is C57H106O9. The van der Waals surface area contributed by atoms with E-state index in [1.807, 2.05) is 0 Å². The zero-order chi connectivity index (χ0) is 47.8. The summed E-state index contributed by atoms with van der Waals surface area (Å²) in [6.07, 6.45) is 53.3. The van der Waals surface area contributed by atoms with Crippen LogP contribution in [0.3, 0.4) is 0 Å². The van der Waals surface area contributed by atoms with Gasteiger partial charge in [0.05, 0.1) is 19.8 Å². The summed E-state index contributed by atoms with van der Waals surface area (Å²) in [6.45, 7) is 4.58. The molecular weight excluding hydrogens is 829 g/mol. The summed E-state index contributed by atoms with van der Waals surface area (Å²) in [7, 11) is 0. The summed E-state index contributed by atoms with van der Waals surface area (Å²) in [6, 6.07) is 0. The number of hydrogen-bond donors (Lipinski definition) is 4. The molecule has 0 aliphatic carbocycles. The largest absolute Gasteiger partial charge is 0.457 e. The van der Waals surface area contributed by atoms with Crippen molar-refractivity contribution in [1.29, 1.82) is 0 Å². The van der Waals surface area contributed by atoms with Gasteiger partial charge in [-0.05, 0) is 70.6 Å². The number of rotatable bonds is 49. The smallest absolute Gasteiger partial charge is 0.306 e. The zero-order valence-corrected chi connectivity index (χ0v) is 43.0. The lowest BCUT2D eigenvalue weighted by Crippen LogP contribution is -2.59. The number of aliphatic hydroxyl groups excluding tert-OH is 4. The van der Waals surface area contributed by atoms with Crippen LogP contribution in [0.25, 0.3) is 0 Å².